The monoisotopic (exact) mass is 514 g/mol. The Kier molecular flexibility index (Phi) is 6.97. The van der Waals surface area contributed by atoms with Crippen LogP contribution in [-0.4, -0.2) is 50.9 Å². The normalized spacial score (nSPS) is 33.4. The number of hydrogen-bond acceptors (Lipinski definition) is 11. The van der Waals surface area contributed by atoms with Crippen LogP contribution >= 0.6 is 19.4 Å². The number of halogens is 1. The largest absolute Gasteiger partial charge is 0.475 e. The van der Waals surface area contributed by atoms with Crippen molar-refractivity contribution < 1.29 is 33.1 Å². The number of aliphatic hydroxyl groups excluding tert-OH is 2. The Balaban J connectivity index is 1.55. The Labute approximate surface area is 197 Å². The van der Waals surface area contributed by atoms with Gasteiger partial charge in [-0.25, -0.2) is 9.36 Å². The van der Waals surface area contributed by atoms with Crippen molar-refractivity contribution in [1.82, 2.24) is 9.55 Å². The van der Waals surface area contributed by atoms with Crippen molar-refractivity contribution in [2.45, 2.75) is 36.7 Å². The molecule has 2 aliphatic heterocycles. The summed E-state index contributed by atoms with van der Waals surface area (Å²) in [6.07, 6.45) is -4.26. The highest BCUT2D eigenvalue weighted by Gasteiger charge is 2.56. The van der Waals surface area contributed by atoms with Crippen molar-refractivity contribution in [2.24, 2.45) is 5.11 Å². The van der Waals surface area contributed by atoms with Crippen molar-refractivity contribution >= 4 is 25.2 Å². The summed E-state index contributed by atoms with van der Waals surface area (Å²) in [5.41, 5.74) is 12.0. The molecule has 0 amide bonds. The zero-order valence-corrected chi connectivity index (χ0v) is 19.0. The number of rotatable bonds is 6. The van der Waals surface area contributed by atoms with Crippen molar-refractivity contribution in [3.63, 3.8) is 0 Å². The summed E-state index contributed by atoms with van der Waals surface area (Å²) >= 11 is 6.01. The van der Waals surface area contributed by atoms with Crippen LogP contribution < -0.4 is 11.4 Å². The third-order valence-electron chi connectivity index (χ3n) is 5.28. The van der Waals surface area contributed by atoms with Crippen molar-refractivity contribution in [1.29, 1.82) is 0 Å². The van der Waals surface area contributed by atoms with Crippen LogP contribution in [0.1, 0.15) is 24.3 Å². The van der Waals surface area contributed by atoms with Gasteiger partial charge in [0.05, 0.1) is 19.3 Å². The second kappa shape index (κ2) is 9.62. The van der Waals surface area contributed by atoms with Gasteiger partial charge < -0.3 is 20.7 Å². The van der Waals surface area contributed by atoms with E-state index in [4.69, 9.17) is 41.2 Å². The van der Waals surface area contributed by atoms with Crippen LogP contribution in [0, 0.1) is 0 Å². The lowest BCUT2D eigenvalue weighted by Gasteiger charge is -2.32. The molecule has 0 radical (unpaired) electrons. The lowest BCUT2D eigenvalue weighted by molar-refractivity contribution is -0.126. The molecule has 16 heteroatoms. The number of azide groups is 1. The Bertz CT molecular complexity index is 1220. The van der Waals surface area contributed by atoms with Crippen molar-refractivity contribution in [3.8, 4) is 0 Å². The Morgan fingerprint density at radius 3 is 2.94 bits per heavy atom. The number of aliphatic hydroxyl groups is 2. The van der Waals surface area contributed by atoms with Gasteiger partial charge in [0.15, 0.2) is 6.23 Å². The number of ether oxygens (including phenoxy) is 1. The fourth-order valence-electron chi connectivity index (χ4n) is 3.60. The summed E-state index contributed by atoms with van der Waals surface area (Å²) in [4.78, 5) is 18.3. The predicted molar refractivity (Wildman–Crippen MR) is 116 cm³/mol. The molecule has 0 bridgehead atoms. The molecule has 0 saturated carbocycles. The predicted octanol–water partition coefficient (Wildman–Crippen LogP) is 2.04. The number of phosphoric ester groups is 1. The first-order valence-electron chi connectivity index (χ1n) is 9.94. The Hall–Kier alpha value is -2.51. The van der Waals surface area contributed by atoms with Gasteiger partial charge in [0, 0.05) is 22.6 Å². The van der Waals surface area contributed by atoms with Crippen LogP contribution in [0.3, 0.4) is 0 Å². The van der Waals surface area contributed by atoms with E-state index < -0.39 is 50.4 Å². The summed E-state index contributed by atoms with van der Waals surface area (Å²) in [6.45, 7) is -0.813. The molecule has 0 aliphatic carbocycles. The lowest BCUT2D eigenvalue weighted by Crippen LogP contribution is -2.45. The van der Waals surface area contributed by atoms with Crippen LogP contribution in [0.2, 0.25) is 5.02 Å². The average Bonchev–Trinajstić information content (AvgIpc) is 3.04. The molecule has 0 unspecified atom stereocenters. The van der Waals surface area contributed by atoms with Crippen LogP contribution in [0.15, 0.2) is 46.4 Å². The van der Waals surface area contributed by atoms with Crippen LogP contribution in [0.4, 0.5) is 5.82 Å². The molecule has 4 rings (SSSR count). The first kappa shape index (κ1) is 24.6. The fraction of sp³-hybridized carbons (Fsp3) is 0.444. The molecule has 14 nitrogen and oxygen atoms in total. The van der Waals surface area contributed by atoms with E-state index in [1.807, 2.05) is 0 Å². The van der Waals surface area contributed by atoms with Gasteiger partial charge >= 0.3 is 13.5 Å². The average molecular weight is 515 g/mol. The van der Waals surface area contributed by atoms with E-state index in [1.54, 1.807) is 24.3 Å². The number of anilines is 1. The molecule has 2 aliphatic rings. The van der Waals surface area contributed by atoms with Gasteiger partial charge in [-0.05, 0) is 29.3 Å². The number of nitrogens with two attached hydrogens (primary N) is 1. The van der Waals surface area contributed by atoms with E-state index in [-0.39, 0.29) is 12.4 Å². The van der Waals surface area contributed by atoms with Gasteiger partial charge in [-0.2, -0.15) is 4.98 Å². The molecule has 2 fully saturated rings. The zero-order valence-electron chi connectivity index (χ0n) is 17.4. The summed E-state index contributed by atoms with van der Waals surface area (Å²) in [5, 5.41) is 25.0. The second-order valence-electron chi connectivity index (χ2n) is 7.51. The van der Waals surface area contributed by atoms with E-state index in [2.05, 4.69) is 15.0 Å². The van der Waals surface area contributed by atoms with Crippen molar-refractivity contribution in [2.75, 3.05) is 18.9 Å². The summed E-state index contributed by atoms with van der Waals surface area (Å²) in [6, 6.07) is 8.03. The molecule has 3 heterocycles. The minimum Gasteiger partial charge on any atom is -0.387 e. The van der Waals surface area contributed by atoms with E-state index in [1.165, 1.54) is 12.3 Å². The topological polar surface area (TPSA) is 204 Å². The quantitative estimate of drug-likeness (QED) is 0.221. The van der Waals surface area contributed by atoms with Crippen molar-refractivity contribution in [3.05, 3.63) is 68.0 Å². The fourth-order valence-corrected chi connectivity index (χ4v) is 5.21. The SMILES string of the molecule is [N-]=[N+]=N[C@]1(CO[P@@]2(=O)OCC[C@@H](c3cccc(Cl)c3)O2)O[C@@H](n2ccc(N)nc2=O)[C@H](O)[C@@H]1O. The number of nitrogens with zero attached hydrogens (tertiary/aromatic N) is 5. The Morgan fingerprint density at radius 2 is 2.24 bits per heavy atom. The van der Waals surface area contributed by atoms with E-state index >= 15 is 0 Å². The number of phosphoric acid groups is 1. The highest BCUT2D eigenvalue weighted by Crippen LogP contribution is 2.58. The van der Waals surface area contributed by atoms with E-state index in [9.17, 15) is 19.6 Å². The number of hydrogen-bond donors (Lipinski definition) is 3. The van der Waals surface area contributed by atoms with E-state index in [0.29, 0.717) is 17.0 Å². The molecule has 1 aromatic heterocycles. The highest BCUT2D eigenvalue weighted by atomic mass is 35.5. The first-order valence-corrected chi connectivity index (χ1v) is 11.8. The molecular formula is C18H20ClN6O8P. The third kappa shape index (κ3) is 4.82. The van der Waals surface area contributed by atoms with Gasteiger partial charge in [-0.1, -0.05) is 28.8 Å². The maximum absolute atomic E-state index is 13.1. The molecular weight excluding hydrogens is 495 g/mol. The maximum Gasteiger partial charge on any atom is 0.475 e. The third-order valence-corrected chi connectivity index (χ3v) is 6.97. The van der Waals surface area contributed by atoms with Crippen LogP contribution in [0.25, 0.3) is 10.4 Å². The molecule has 6 atom stereocenters. The molecule has 2 saturated heterocycles. The second-order valence-corrected chi connectivity index (χ2v) is 9.57. The molecule has 4 N–H and O–H groups in total. The maximum atomic E-state index is 13.1. The first-order chi connectivity index (χ1) is 16.2. The minimum atomic E-state index is -4.22. The van der Waals surface area contributed by atoms with Gasteiger partial charge in [0.1, 0.15) is 18.0 Å². The van der Waals surface area contributed by atoms with Gasteiger partial charge in [0.25, 0.3) is 0 Å². The van der Waals surface area contributed by atoms with Gasteiger partial charge in [-0.3, -0.25) is 18.1 Å². The van der Waals surface area contributed by atoms with Crippen LogP contribution in [0.5, 0.6) is 0 Å². The standard InChI is InChI=1S/C18H20ClN6O8P/c19-11-3-1-2-10(8-11)12-5-7-30-34(29,33-12)31-9-18(23-24-21)15(27)14(26)16(32-18)25-6-4-13(20)22-17(25)28/h1-4,6,8,12,14-16,26-27H,5,7,9H2,(H2,20,22,28)/t12-,14+,15-,16+,18+,34+/m0/s1. The Morgan fingerprint density at radius 1 is 1.44 bits per heavy atom. The molecule has 34 heavy (non-hydrogen) atoms. The van der Waals surface area contributed by atoms with E-state index in [0.717, 1.165) is 4.57 Å². The molecule has 2 aromatic rings. The molecule has 1 aromatic carbocycles. The van der Waals surface area contributed by atoms with Gasteiger partial charge in [0.2, 0.25) is 5.72 Å². The van der Waals surface area contributed by atoms with Gasteiger partial charge in [-0.15, -0.1) is 0 Å². The summed E-state index contributed by atoms with van der Waals surface area (Å²) < 4.78 is 35.6. The van der Waals surface area contributed by atoms with Crippen LogP contribution in [-0.2, 0) is 22.9 Å². The smallest absolute Gasteiger partial charge is 0.387 e. The number of aromatic nitrogens is 2. The number of nitrogen functional groups attached to an aromatic ring is 1. The lowest BCUT2D eigenvalue weighted by atomic mass is 10.1. The highest BCUT2D eigenvalue weighted by molar-refractivity contribution is 7.48. The number of benzene rings is 1. The zero-order chi connectivity index (χ0) is 24.5. The molecule has 0 spiro atoms. The minimum absolute atomic E-state index is 0.0180. The summed E-state index contributed by atoms with van der Waals surface area (Å²) in [5.74, 6) is -0.0714. The summed E-state index contributed by atoms with van der Waals surface area (Å²) in [7, 11) is -4.22. The molecule has 182 valence electrons.